The highest BCUT2D eigenvalue weighted by Gasteiger charge is 2.25. The summed E-state index contributed by atoms with van der Waals surface area (Å²) in [7, 11) is 0. The summed E-state index contributed by atoms with van der Waals surface area (Å²) in [5.74, 6) is -0.304. The molecule has 2 aromatic carbocycles. The maximum atomic E-state index is 12.2. The number of carbonyl (C=O) groups is 1. The Morgan fingerprint density at radius 3 is 2.77 bits per heavy atom. The van der Waals surface area contributed by atoms with E-state index in [1.165, 1.54) is 11.6 Å². The number of hydrogen-bond donors (Lipinski definition) is 1. The molecule has 0 unspecified atom stereocenters. The van der Waals surface area contributed by atoms with E-state index in [2.05, 4.69) is 27.3 Å². The fraction of sp³-hybridized carbons (Fsp3) is 0.316. The number of nitro benzene ring substituents is 1. The molecule has 1 N–H and O–H groups in total. The van der Waals surface area contributed by atoms with Gasteiger partial charge in [0.05, 0.1) is 4.92 Å². The van der Waals surface area contributed by atoms with Gasteiger partial charge in [0.25, 0.3) is 11.6 Å². The zero-order valence-corrected chi connectivity index (χ0v) is 16.2. The first kappa shape index (κ1) is 18.4. The minimum absolute atomic E-state index is 0.0304. The van der Waals surface area contributed by atoms with Crippen LogP contribution in [0.3, 0.4) is 0 Å². The Hall–Kier alpha value is -2.41. The normalized spacial score (nSPS) is 13.5. The van der Waals surface area contributed by atoms with Crippen molar-refractivity contribution in [2.24, 2.45) is 0 Å². The van der Waals surface area contributed by atoms with E-state index in [9.17, 15) is 14.9 Å². The summed E-state index contributed by atoms with van der Waals surface area (Å²) in [5, 5.41) is 14.4. The molecule has 0 aromatic heterocycles. The molecule has 26 heavy (non-hydrogen) atoms. The molecule has 1 aliphatic rings. The molecule has 0 saturated heterocycles. The van der Waals surface area contributed by atoms with Crippen LogP contribution in [0.1, 0.15) is 35.3 Å². The van der Waals surface area contributed by atoms with E-state index in [1.54, 1.807) is 12.1 Å². The van der Waals surface area contributed by atoms with Crippen molar-refractivity contribution in [3.05, 3.63) is 67.7 Å². The summed E-state index contributed by atoms with van der Waals surface area (Å²) in [5.41, 5.74) is 3.20. The molecule has 3 rings (SSSR count). The summed E-state index contributed by atoms with van der Waals surface area (Å²) in [6.45, 7) is 4.99. The standard InChI is InChI=1S/C19H20BrN3O3/c1-12(2)21-19(24)14-6-7-17(18(10-14)23(25)26)22-9-8-13-4-3-5-16(20)15(13)11-22/h3-7,10,12H,8-9,11H2,1-2H3,(H,21,24). The number of benzene rings is 2. The maximum absolute atomic E-state index is 12.2. The quantitative estimate of drug-likeness (QED) is 0.600. The Labute approximate surface area is 160 Å². The summed E-state index contributed by atoms with van der Waals surface area (Å²) in [4.78, 5) is 25.4. The molecule has 7 heteroatoms. The van der Waals surface area contributed by atoms with Gasteiger partial charge < -0.3 is 10.2 Å². The molecule has 0 aliphatic carbocycles. The number of nitrogens with zero attached hydrogens (tertiary/aromatic N) is 2. The Morgan fingerprint density at radius 2 is 2.08 bits per heavy atom. The van der Waals surface area contributed by atoms with Gasteiger partial charge in [-0.3, -0.25) is 14.9 Å². The van der Waals surface area contributed by atoms with E-state index in [-0.39, 0.29) is 17.6 Å². The smallest absolute Gasteiger partial charge is 0.293 e. The van der Waals surface area contributed by atoms with E-state index >= 15 is 0 Å². The van der Waals surface area contributed by atoms with Crippen molar-refractivity contribution in [2.45, 2.75) is 32.9 Å². The van der Waals surface area contributed by atoms with Crippen molar-refractivity contribution < 1.29 is 9.72 Å². The van der Waals surface area contributed by atoms with Gasteiger partial charge in [-0.2, -0.15) is 0 Å². The second-order valence-electron chi connectivity index (χ2n) is 6.64. The average molecular weight is 418 g/mol. The van der Waals surface area contributed by atoms with Crippen LogP contribution in [0.25, 0.3) is 0 Å². The molecule has 1 amide bonds. The number of nitro groups is 1. The van der Waals surface area contributed by atoms with Crippen molar-refractivity contribution in [3.63, 3.8) is 0 Å². The molecule has 2 aromatic rings. The number of fused-ring (bicyclic) bond motifs is 1. The van der Waals surface area contributed by atoms with Crippen LogP contribution in [-0.4, -0.2) is 23.4 Å². The van der Waals surface area contributed by atoms with Crippen LogP contribution in [0.2, 0.25) is 0 Å². The fourth-order valence-corrected chi connectivity index (χ4v) is 3.70. The van der Waals surface area contributed by atoms with Gasteiger partial charge in [0, 0.05) is 35.2 Å². The molecule has 0 spiro atoms. The molecule has 0 atom stereocenters. The van der Waals surface area contributed by atoms with Crippen molar-refractivity contribution in [1.29, 1.82) is 0 Å². The average Bonchev–Trinajstić information content (AvgIpc) is 2.60. The predicted octanol–water partition coefficient (Wildman–Crippen LogP) is 4.06. The first-order valence-corrected chi connectivity index (χ1v) is 9.26. The molecular weight excluding hydrogens is 398 g/mol. The van der Waals surface area contributed by atoms with Crippen LogP contribution >= 0.6 is 15.9 Å². The van der Waals surface area contributed by atoms with Crippen LogP contribution in [0.5, 0.6) is 0 Å². The second kappa shape index (κ2) is 7.45. The third kappa shape index (κ3) is 3.72. The lowest BCUT2D eigenvalue weighted by Gasteiger charge is -2.31. The zero-order valence-electron chi connectivity index (χ0n) is 14.7. The minimum Gasteiger partial charge on any atom is -0.361 e. The third-order valence-corrected chi connectivity index (χ3v) is 5.15. The lowest BCUT2D eigenvalue weighted by Crippen LogP contribution is -2.32. The fourth-order valence-electron chi connectivity index (χ4n) is 3.17. The highest BCUT2D eigenvalue weighted by molar-refractivity contribution is 9.10. The lowest BCUT2D eigenvalue weighted by molar-refractivity contribution is -0.384. The molecule has 1 aliphatic heterocycles. The van der Waals surface area contributed by atoms with Crippen molar-refractivity contribution in [2.75, 3.05) is 11.4 Å². The largest absolute Gasteiger partial charge is 0.361 e. The highest BCUT2D eigenvalue weighted by atomic mass is 79.9. The van der Waals surface area contributed by atoms with E-state index in [4.69, 9.17) is 0 Å². The molecule has 0 fully saturated rings. The van der Waals surface area contributed by atoms with Gasteiger partial charge in [0.15, 0.2) is 0 Å². The summed E-state index contributed by atoms with van der Waals surface area (Å²) in [6.07, 6.45) is 0.821. The first-order chi connectivity index (χ1) is 12.4. The lowest BCUT2D eigenvalue weighted by atomic mass is 9.99. The molecular formula is C19H20BrN3O3. The van der Waals surface area contributed by atoms with Crippen LogP contribution in [0, 0.1) is 10.1 Å². The number of halogens is 1. The van der Waals surface area contributed by atoms with Gasteiger partial charge in [-0.15, -0.1) is 0 Å². The molecule has 0 saturated carbocycles. The predicted molar refractivity (Wildman–Crippen MR) is 105 cm³/mol. The van der Waals surface area contributed by atoms with Gasteiger partial charge in [-0.25, -0.2) is 0 Å². The topological polar surface area (TPSA) is 75.5 Å². The van der Waals surface area contributed by atoms with E-state index in [0.717, 1.165) is 16.5 Å². The Kier molecular flexibility index (Phi) is 5.27. The molecule has 0 radical (unpaired) electrons. The monoisotopic (exact) mass is 417 g/mol. The highest BCUT2D eigenvalue weighted by Crippen LogP contribution is 2.35. The Balaban J connectivity index is 1.94. The van der Waals surface area contributed by atoms with Gasteiger partial charge in [-0.05, 0) is 49.6 Å². The van der Waals surface area contributed by atoms with E-state index in [1.807, 2.05) is 30.9 Å². The first-order valence-electron chi connectivity index (χ1n) is 8.47. The number of rotatable bonds is 4. The minimum atomic E-state index is -0.420. The Bertz CT molecular complexity index is 867. The number of anilines is 1. The molecule has 6 nitrogen and oxygen atoms in total. The van der Waals surface area contributed by atoms with Crippen LogP contribution in [-0.2, 0) is 13.0 Å². The number of hydrogen-bond acceptors (Lipinski definition) is 4. The maximum Gasteiger partial charge on any atom is 0.293 e. The molecule has 0 bridgehead atoms. The second-order valence-corrected chi connectivity index (χ2v) is 7.49. The SMILES string of the molecule is CC(C)NC(=O)c1ccc(N2CCc3cccc(Br)c3C2)c([N+](=O)[O-])c1. The van der Waals surface area contributed by atoms with E-state index < -0.39 is 4.92 Å². The van der Waals surface area contributed by atoms with Crippen molar-refractivity contribution in [1.82, 2.24) is 5.32 Å². The van der Waals surface area contributed by atoms with Crippen molar-refractivity contribution in [3.8, 4) is 0 Å². The number of amides is 1. The van der Waals surface area contributed by atoms with Gasteiger partial charge in [0.1, 0.15) is 5.69 Å². The Morgan fingerprint density at radius 1 is 1.31 bits per heavy atom. The zero-order chi connectivity index (χ0) is 18.8. The molecule has 136 valence electrons. The van der Waals surface area contributed by atoms with E-state index in [0.29, 0.717) is 24.3 Å². The molecule has 1 heterocycles. The summed E-state index contributed by atoms with van der Waals surface area (Å²) < 4.78 is 1.01. The van der Waals surface area contributed by atoms with Crippen LogP contribution in [0.15, 0.2) is 40.9 Å². The number of carbonyl (C=O) groups excluding carboxylic acids is 1. The number of nitrogens with one attached hydrogen (secondary N) is 1. The third-order valence-electron chi connectivity index (χ3n) is 4.41. The van der Waals surface area contributed by atoms with Gasteiger partial charge in [0.2, 0.25) is 0 Å². The van der Waals surface area contributed by atoms with Gasteiger partial charge in [-0.1, -0.05) is 28.1 Å². The van der Waals surface area contributed by atoms with Crippen LogP contribution in [0.4, 0.5) is 11.4 Å². The van der Waals surface area contributed by atoms with Crippen molar-refractivity contribution >= 4 is 33.2 Å². The summed E-state index contributed by atoms with van der Waals surface area (Å²) >= 11 is 3.57. The summed E-state index contributed by atoms with van der Waals surface area (Å²) in [6, 6.07) is 10.7. The van der Waals surface area contributed by atoms with Gasteiger partial charge >= 0.3 is 0 Å². The van der Waals surface area contributed by atoms with Crippen LogP contribution < -0.4 is 10.2 Å².